The van der Waals surface area contributed by atoms with Gasteiger partial charge in [0.2, 0.25) is 5.91 Å². The summed E-state index contributed by atoms with van der Waals surface area (Å²) in [6.07, 6.45) is 17.2. The highest BCUT2D eigenvalue weighted by Gasteiger charge is 2.11. The monoisotopic (exact) mass is 311 g/mol. The molecule has 0 atom stereocenters. The number of hydrogen-bond acceptors (Lipinski definition) is 1. The van der Waals surface area contributed by atoms with E-state index >= 15 is 0 Å². The van der Waals surface area contributed by atoms with Crippen molar-refractivity contribution >= 4 is 5.91 Å². The van der Waals surface area contributed by atoms with E-state index in [1.807, 2.05) is 0 Å². The van der Waals surface area contributed by atoms with E-state index in [1.54, 1.807) is 0 Å². The zero-order valence-electron chi connectivity index (χ0n) is 15.7. The Labute approximate surface area is 140 Å². The maximum atomic E-state index is 12.3. The lowest BCUT2D eigenvalue weighted by Gasteiger charge is -2.23. The summed E-state index contributed by atoms with van der Waals surface area (Å²) in [6, 6.07) is 0. The van der Waals surface area contributed by atoms with Gasteiger partial charge >= 0.3 is 0 Å². The lowest BCUT2D eigenvalue weighted by Crippen LogP contribution is -2.32. The first kappa shape index (κ1) is 21.5. The molecule has 0 unspecified atom stereocenters. The lowest BCUT2D eigenvalue weighted by molar-refractivity contribution is -0.131. The Kier molecular flexibility index (Phi) is 16.4. The van der Waals surface area contributed by atoms with E-state index in [0.29, 0.717) is 5.91 Å². The quantitative estimate of drug-likeness (QED) is 0.305. The Bertz CT molecular complexity index is 240. The van der Waals surface area contributed by atoms with E-state index in [4.69, 9.17) is 0 Å². The second-order valence-corrected chi connectivity index (χ2v) is 6.67. The zero-order valence-corrected chi connectivity index (χ0v) is 15.7. The van der Waals surface area contributed by atoms with Gasteiger partial charge in [0.05, 0.1) is 0 Å². The van der Waals surface area contributed by atoms with Crippen molar-refractivity contribution in [2.45, 2.75) is 111 Å². The largest absolute Gasteiger partial charge is 0.343 e. The highest BCUT2D eigenvalue weighted by atomic mass is 16.2. The summed E-state index contributed by atoms with van der Waals surface area (Å²) in [6.45, 7) is 8.64. The Morgan fingerprint density at radius 2 is 1.00 bits per heavy atom. The van der Waals surface area contributed by atoms with Crippen LogP contribution in [0, 0.1) is 0 Å². The van der Waals surface area contributed by atoms with Crippen LogP contribution in [0.15, 0.2) is 0 Å². The maximum absolute atomic E-state index is 12.3. The molecule has 0 saturated heterocycles. The molecule has 0 N–H and O–H groups in total. The van der Waals surface area contributed by atoms with Crippen molar-refractivity contribution in [3.63, 3.8) is 0 Å². The van der Waals surface area contributed by atoms with E-state index < -0.39 is 0 Å². The topological polar surface area (TPSA) is 20.3 Å². The number of unbranched alkanes of at least 4 members (excludes halogenated alkanes) is 10. The molecule has 0 aromatic rings. The molecule has 2 nitrogen and oxygen atoms in total. The zero-order chi connectivity index (χ0) is 16.5. The molecular formula is C20H41NO. The molecule has 1 amide bonds. The first-order chi connectivity index (χ1) is 10.8. The molecule has 0 aromatic carbocycles. The predicted octanol–water partition coefficient (Wildman–Crippen LogP) is 6.34. The van der Waals surface area contributed by atoms with E-state index in [2.05, 4.69) is 25.7 Å². The fourth-order valence-electron chi connectivity index (χ4n) is 2.84. The van der Waals surface area contributed by atoms with E-state index in [0.717, 1.165) is 32.4 Å². The van der Waals surface area contributed by atoms with Crippen LogP contribution in [0.4, 0.5) is 0 Å². The molecule has 0 aliphatic heterocycles. The summed E-state index contributed by atoms with van der Waals surface area (Å²) >= 11 is 0. The number of nitrogens with zero attached hydrogens (tertiary/aromatic N) is 1. The molecule has 0 fully saturated rings. The van der Waals surface area contributed by atoms with Gasteiger partial charge < -0.3 is 4.90 Å². The maximum Gasteiger partial charge on any atom is 0.222 e. The van der Waals surface area contributed by atoms with Crippen LogP contribution < -0.4 is 0 Å². The molecule has 2 heteroatoms. The van der Waals surface area contributed by atoms with Crippen LogP contribution in [-0.4, -0.2) is 23.9 Å². The average molecular weight is 312 g/mol. The van der Waals surface area contributed by atoms with E-state index in [9.17, 15) is 4.79 Å². The highest BCUT2D eigenvalue weighted by molar-refractivity contribution is 5.76. The van der Waals surface area contributed by atoms with Gasteiger partial charge in [-0.15, -0.1) is 0 Å². The van der Waals surface area contributed by atoms with Crippen molar-refractivity contribution in [2.75, 3.05) is 13.1 Å². The second-order valence-electron chi connectivity index (χ2n) is 6.67. The molecule has 0 rings (SSSR count). The van der Waals surface area contributed by atoms with Gasteiger partial charge in [0, 0.05) is 19.5 Å². The smallest absolute Gasteiger partial charge is 0.222 e. The molecule has 0 heterocycles. The average Bonchev–Trinajstić information content (AvgIpc) is 2.53. The molecule has 0 bridgehead atoms. The number of amides is 1. The van der Waals surface area contributed by atoms with Gasteiger partial charge in [-0.2, -0.15) is 0 Å². The van der Waals surface area contributed by atoms with Crippen molar-refractivity contribution in [1.29, 1.82) is 0 Å². The van der Waals surface area contributed by atoms with Crippen LogP contribution in [0.25, 0.3) is 0 Å². The Morgan fingerprint density at radius 3 is 1.45 bits per heavy atom. The van der Waals surface area contributed by atoms with Gasteiger partial charge in [-0.3, -0.25) is 4.79 Å². The molecule has 0 aromatic heterocycles. The third-order valence-electron chi connectivity index (χ3n) is 4.41. The van der Waals surface area contributed by atoms with Gasteiger partial charge in [0.15, 0.2) is 0 Å². The second kappa shape index (κ2) is 16.8. The summed E-state index contributed by atoms with van der Waals surface area (Å²) in [5.74, 6) is 0.394. The fraction of sp³-hybridized carbons (Fsp3) is 0.950. The fourth-order valence-corrected chi connectivity index (χ4v) is 2.84. The van der Waals surface area contributed by atoms with Crippen LogP contribution in [0.3, 0.4) is 0 Å². The van der Waals surface area contributed by atoms with Gasteiger partial charge in [-0.25, -0.2) is 0 Å². The molecule has 0 aliphatic rings. The number of carbonyl (C=O) groups excluding carboxylic acids is 1. The van der Waals surface area contributed by atoms with Gasteiger partial charge in [0.25, 0.3) is 0 Å². The van der Waals surface area contributed by atoms with Crippen LogP contribution >= 0.6 is 0 Å². The molecule has 22 heavy (non-hydrogen) atoms. The van der Waals surface area contributed by atoms with Gasteiger partial charge in [0.1, 0.15) is 0 Å². The van der Waals surface area contributed by atoms with E-state index in [1.165, 1.54) is 70.6 Å². The highest BCUT2D eigenvalue weighted by Crippen LogP contribution is 2.10. The van der Waals surface area contributed by atoms with Crippen molar-refractivity contribution in [2.24, 2.45) is 0 Å². The van der Waals surface area contributed by atoms with Crippen LogP contribution in [0.1, 0.15) is 111 Å². The first-order valence-electron chi connectivity index (χ1n) is 10.0. The first-order valence-corrected chi connectivity index (χ1v) is 10.0. The summed E-state index contributed by atoms with van der Waals surface area (Å²) < 4.78 is 0. The molecule has 0 aliphatic carbocycles. The summed E-state index contributed by atoms with van der Waals surface area (Å²) in [7, 11) is 0. The minimum atomic E-state index is 0.394. The minimum Gasteiger partial charge on any atom is -0.343 e. The van der Waals surface area contributed by atoms with Crippen LogP contribution in [-0.2, 0) is 4.79 Å². The van der Waals surface area contributed by atoms with Crippen molar-refractivity contribution in [3.05, 3.63) is 0 Å². The van der Waals surface area contributed by atoms with Gasteiger partial charge in [-0.05, 0) is 19.3 Å². The third kappa shape index (κ3) is 13.2. The van der Waals surface area contributed by atoms with Crippen molar-refractivity contribution in [1.82, 2.24) is 4.90 Å². The van der Waals surface area contributed by atoms with Crippen LogP contribution in [0.2, 0.25) is 0 Å². The standard InChI is InChI=1S/C20H41NO/c1-4-7-10-12-14-16-19-21(20(22)17-9-6-3)18-15-13-11-8-5-2/h4-19H2,1-3H3. The Morgan fingerprint density at radius 1 is 0.591 bits per heavy atom. The summed E-state index contributed by atoms with van der Waals surface area (Å²) in [5, 5.41) is 0. The minimum absolute atomic E-state index is 0.394. The molecule has 0 spiro atoms. The SMILES string of the molecule is CCCCCCCCN(CCCCCCC)C(=O)CCCC. The third-order valence-corrected chi connectivity index (χ3v) is 4.41. The number of carbonyl (C=O) groups is 1. The number of hydrogen-bond donors (Lipinski definition) is 0. The predicted molar refractivity (Wildman–Crippen MR) is 98.2 cm³/mol. The molecule has 132 valence electrons. The molecular weight excluding hydrogens is 270 g/mol. The summed E-state index contributed by atoms with van der Waals surface area (Å²) in [5.41, 5.74) is 0. The van der Waals surface area contributed by atoms with Crippen molar-refractivity contribution in [3.8, 4) is 0 Å². The summed E-state index contributed by atoms with van der Waals surface area (Å²) in [4.78, 5) is 14.5. The lowest BCUT2D eigenvalue weighted by atomic mass is 10.1. The Balaban J connectivity index is 3.92. The van der Waals surface area contributed by atoms with Crippen LogP contribution in [0.5, 0.6) is 0 Å². The number of rotatable bonds is 16. The van der Waals surface area contributed by atoms with E-state index in [-0.39, 0.29) is 0 Å². The van der Waals surface area contributed by atoms with Crippen molar-refractivity contribution < 1.29 is 4.79 Å². The molecule has 0 saturated carbocycles. The normalized spacial score (nSPS) is 10.9. The molecule has 0 radical (unpaired) electrons. The Hall–Kier alpha value is -0.530. The van der Waals surface area contributed by atoms with Gasteiger partial charge in [-0.1, -0.05) is 85.0 Å².